The average molecular weight is 232 g/mol. The lowest BCUT2D eigenvalue weighted by atomic mass is 10.1. The van der Waals surface area contributed by atoms with E-state index in [9.17, 15) is 0 Å². The number of hydrogen-bond acceptors (Lipinski definition) is 0. The van der Waals surface area contributed by atoms with E-state index in [1.807, 2.05) is 18.2 Å². The Hall–Kier alpha value is -2.60. The van der Waals surface area contributed by atoms with Gasteiger partial charge in [0.25, 0.3) is 0 Å². The van der Waals surface area contributed by atoms with E-state index >= 15 is 0 Å². The van der Waals surface area contributed by atoms with E-state index in [-0.39, 0.29) is 0 Å². The summed E-state index contributed by atoms with van der Waals surface area (Å²) in [6, 6.07) is 14.3. The minimum atomic E-state index is 0.695. The fraction of sp³-hybridized carbons (Fsp3) is 0.0667. The van der Waals surface area contributed by atoms with Crippen molar-refractivity contribution in [3.8, 4) is 5.69 Å². The van der Waals surface area contributed by atoms with Gasteiger partial charge >= 0.3 is 0 Å². The number of fused-ring (bicyclic) bond motifs is 5. The number of hydrogen-bond donors (Lipinski definition) is 0. The molecule has 3 heteroatoms. The van der Waals surface area contributed by atoms with Gasteiger partial charge in [0.15, 0.2) is 12.2 Å². The van der Waals surface area contributed by atoms with Crippen molar-refractivity contribution in [2.75, 3.05) is 0 Å². The van der Waals surface area contributed by atoms with Crippen LogP contribution in [0.15, 0.2) is 48.7 Å². The molecule has 3 nitrogen and oxygen atoms in total. The zero-order valence-corrected chi connectivity index (χ0v) is 9.67. The molecule has 0 aliphatic carbocycles. The van der Waals surface area contributed by atoms with Crippen LogP contribution in [-0.4, -0.2) is 4.68 Å². The first kappa shape index (κ1) is 9.43. The highest BCUT2D eigenvalue weighted by Gasteiger charge is 2.27. The second-order valence-corrected chi connectivity index (χ2v) is 4.52. The van der Waals surface area contributed by atoms with Gasteiger partial charge in [-0.15, -0.1) is 9.36 Å². The minimum absolute atomic E-state index is 0.695. The first-order chi connectivity index (χ1) is 8.86. The van der Waals surface area contributed by atoms with Gasteiger partial charge in [-0.05, 0) is 18.2 Å². The van der Waals surface area contributed by atoms with E-state index in [2.05, 4.69) is 44.7 Å². The SMILES string of the molecule is [C-]#[N+]c1ccc2c(c1)c[n+]1n2-c2ccccc2C1. The summed E-state index contributed by atoms with van der Waals surface area (Å²) < 4.78 is 4.42. The number of benzene rings is 2. The maximum Gasteiger partial charge on any atom is 0.203 e. The number of rotatable bonds is 0. The molecule has 1 aromatic heterocycles. The molecule has 4 rings (SSSR count). The fourth-order valence-electron chi connectivity index (χ4n) is 2.67. The Balaban J connectivity index is 2.07. The first-order valence-corrected chi connectivity index (χ1v) is 5.88. The van der Waals surface area contributed by atoms with Gasteiger partial charge in [0.05, 0.1) is 12.0 Å². The van der Waals surface area contributed by atoms with Crippen molar-refractivity contribution in [1.82, 2.24) is 4.68 Å². The number of aromatic nitrogens is 2. The second kappa shape index (κ2) is 3.21. The largest absolute Gasteiger partial charge is 0.238 e. The third-order valence-electron chi connectivity index (χ3n) is 3.47. The normalized spacial score (nSPS) is 12.2. The van der Waals surface area contributed by atoms with E-state index in [1.54, 1.807) is 0 Å². The topological polar surface area (TPSA) is 13.2 Å². The van der Waals surface area contributed by atoms with Gasteiger partial charge in [0, 0.05) is 5.56 Å². The van der Waals surface area contributed by atoms with Crippen LogP contribution >= 0.6 is 0 Å². The van der Waals surface area contributed by atoms with Gasteiger partial charge < -0.3 is 0 Å². The lowest BCUT2D eigenvalue weighted by Crippen LogP contribution is -2.36. The van der Waals surface area contributed by atoms with Gasteiger partial charge in [-0.1, -0.05) is 24.3 Å². The predicted octanol–water partition coefficient (Wildman–Crippen LogP) is 2.83. The van der Waals surface area contributed by atoms with Crippen LogP contribution in [0, 0.1) is 6.57 Å². The Labute approximate surface area is 104 Å². The van der Waals surface area contributed by atoms with Crippen molar-refractivity contribution >= 4 is 16.6 Å². The van der Waals surface area contributed by atoms with Crippen LogP contribution in [0.1, 0.15) is 5.56 Å². The predicted molar refractivity (Wildman–Crippen MR) is 68.8 cm³/mol. The maximum absolute atomic E-state index is 7.07. The molecule has 2 aromatic carbocycles. The fourth-order valence-corrected chi connectivity index (χ4v) is 2.67. The van der Waals surface area contributed by atoms with Crippen LogP contribution < -0.4 is 4.68 Å². The van der Waals surface area contributed by atoms with E-state index in [1.165, 1.54) is 11.3 Å². The Morgan fingerprint density at radius 2 is 2.06 bits per heavy atom. The Morgan fingerprint density at radius 3 is 2.94 bits per heavy atom. The van der Waals surface area contributed by atoms with Crippen molar-refractivity contribution < 1.29 is 4.68 Å². The first-order valence-electron chi connectivity index (χ1n) is 5.88. The lowest BCUT2D eigenvalue weighted by molar-refractivity contribution is -0.749. The monoisotopic (exact) mass is 232 g/mol. The molecule has 0 radical (unpaired) electrons. The quantitative estimate of drug-likeness (QED) is 0.327. The Bertz CT molecular complexity index is 821. The molecule has 3 aromatic rings. The smallest absolute Gasteiger partial charge is 0.203 e. The highest BCUT2D eigenvalue weighted by molar-refractivity contribution is 5.83. The summed E-state index contributed by atoms with van der Waals surface area (Å²) in [5.41, 5.74) is 4.43. The van der Waals surface area contributed by atoms with Crippen molar-refractivity contribution in [2.45, 2.75) is 6.54 Å². The molecule has 1 aliphatic rings. The van der Waals surface area contributed by atoms with Gasteiger partial charge in [-0.3, -0.25) is 0 Å². The van der Waals surface area contributed by atoms with E-state index in [0.29, 0.717) is 5.69 Å². The van der Waals surface area contributed by atoms with Crippen LogP contribution in [0.4, 0.5) is 5.69 Å². The molecule has 0 spiro atoms. The summed E-state index contributed by atoms with van der Waals surface area (Å²) in [6.07, 6.45) is 2.12. The third-order valence-corrected chi connectivity index (χ3v) is 3.47. The number of nitrogens with zero attached hydrogens (tertiary/aromatic N) is 3. The van der Waals surface area contributed by atoms with Crippen molar-refractivity contribution in [3.63, 3.8) is 0 Å². The van der Waals surface area contributed by atoms with Gasteiger partial charge in [-0.2, -0.15) is 0 Å². The summed E-state index contributed by atoms with van der Waals surface area (Å²) in [4.78, 5) is 3.48. The summed E-state index contributed by atoms with van der Waals surface area (Å²) in [6.45, 7) is 7.97. The summed E-state index contributed by atoms with van der Waals surface area (Å²) in [5, 5.41) is 1.12. The van der Waals surface area contributed by atoms with Crippen LogP contribution in [0.2, 0.25) is 0 Å². The molecule has 84 valence electrons. The molecular weight excluding hydrogens is 222 g/mol. The average Bonchev–Trinajstić information content (AvgIpc) is 2.92. The minimum Gasteiger partial charge on any atom is -0.238 e. The standard InChI is InChI=1S/C15H10N3/c1-16-13-6-7-15-12(8-13)10-17-9-11-4-2-3-5-14(11)18(15)17/h2-8,10H,9H2/q+1. The van der Waals surface area contributed by atoms with E-state index in [4.69, 9.17) is 6.57 Å². The van der Waals surface area contributed by atoms with Crippen LogP contribution in [-0.2, 0) is 6.54 Å². The molecular formula is C15H10N3+. The van der Waals surface area contributed by atoms with Crippen molar-refractivity contribution in [3.05, 3.63) is 65.6 Å². The molecule has 2 heterocycles. The van der Waals surface area contributed by atoms with Gasteiger partial charge in [0.2, 0.25) is 6.20 Å². The summed E-state index contributed by atoms with van der Waals surface area (Å²) in [7, 11) is 0. The zero-order chi connectivity index (χ0) is 12.1. The molecule has 0 unspecified atom stereocenters. The Kier molecular flexibility index (Phi) is 1.68. The molecule has 0 N–H and O–H groups in total. The highest BCUT2D eigenvalue weighted by Crippen LogP contribution is 2.27. The van der Waals surface area contributed by atoms with E-state index in [0.717, 1.165) is 17.4 Å². The zero-order valence-electron chi connectivity index (χ0n) is 9.67. The van der Waals surface area contributed by atoms with Gasteiger partial charge in [0.1, 0.15) is 11.2 Å². The van der Waals surface area contributed by atoms with E-state index < -0.39 is 0 Å². The lowest BCUT2D eigenvalue weighted by Gasteiger charge is -1.97. The Morgan fingerprint density at radius 1 is 1.17 bits per heavy atom. The third kappa shape index (κ3) is 1.09. The maximum atomic E-state index is 7.07. The molecule has 0 amide bonds. The summed E-state index contributed by atoms with van der Waals surface area (Å²) in [5.74, 6) is 0. The molecule has 0 fully saturated rings. The van der Waals surface area contributed by atoms with Crippen molar-refractivity contribution in [2.24, 2.45) is 0 Å². The second-order valence-electron chi connectivity index (χ2n) is 4.52. The van der Waals surface area contributed by atoms with Crippen LogP contribution in [0.5, 0.6) is 0 Å². The summed E-state index contributed by atoms with van der Waals surface area (Å²) >= 11 is 0. The van der Waals surface area contributed by atoms with Crippen LogP contribution in [0.25, 0.3) is 21.4 Å². The van der Waals surface area contributed by atoms with Crippen LogP contribution in [0.3, 0.4) is 0 Å². The molecule has 18 heavy (non-hydrogen) atoms. The molecule has 0 saturated heterocycles. The van der Waals surface area contributed by atoms with Crippen molar-refractivity contribution in [1.29, 1.82) is 0 Å². The highest BCUT2D eigenvalue weighted by atomic mass is 15.4. The van der Waals surface area contributed by atoms with Gasteiger partial charge in [-0.25, -0.2) is 4.85 Å². The molecule has 0 saturated carbocycles. The molecule has 1 aliphatic heterocycles. The molecule has 0 bridgehead atoms. The number of para-hydroxylation sites is 1. The molecule has 0 atom stereocenters.